The molecular formula is C67H96N6O19. The van der Waals surface area contributed by atoms with Crippen molar-refractivity contribution in [2.24, 2.45) is 35.5 Å². The number of hydrogen-bond acceptors (Lipinski definition) is 19. The minimum atomic E-state index is -1.75. The van der Waals surface area contributed by atoms with E-state index >= 15 is 0 Å². The first-order chi connectivity index (χ1) is 43.7. The summed E-state index contributed by atoms with van der Waals surface area (Å²) >= 11 is 0. The monoisotopic (exact) mass is 1290 g/mol. The topological polar surface area (TPSA) is 317 Å². The molecule has 1 saturated carbocycles. The summed E-state index contributed by atoms with van der Waals surface area (Å²) in [6, 6.07) is 4.45. The van der Waals surface area contributed by atoms with E-state index in [1.165, 1.54) is 48.7 Å². The molecule has 5 N–H and O–H groups in total. The van der Waals surface area contributed by atoms with Gasteiger partial charge in [-0.15, -0.1) is 0 Å². The van der Waals surface area contributed by atoms with Crippen LogP contribution in [0.3, 0.4) is 0 Å². The van der Waals surface area contributed by atoms with Crippen LogP contribution in [0.5, 0.6) is 0 Å². The standard InChI is InChI=1S/C67H96N6O19/c1-39-18-17-21-55(86-11)67(84)37-54(90-63(81)70-67)44(6)59-66(7,92-59)56(36-52(75)42(4)48-34-46(32-39)35-53(85-10)43(48)5)91-61(79)41(3)40(2)51(74)26-31-87-64(82)71(8)29-30-72(9)65(83)88-38-45-22-23-50(69-62(80)89-47-19-15-13-12-14-16-20-47)49(33-45)60(78)68-27-28-73-57(76)24-25-58(73)77/h15,19,22-25,33,35,39-42,44,47-48,52,54-56,59,75,84H,12-14,16-18,20-21,26-32,34,36-38H2,1-11H3,(H,68,78)(H,69,80)(H,70,81)/b19-15+/t39?,40?,41-,42?,44-,47?,48?,52?,54+,55?,56+,59+,66+,67?/m1/s1. The molecule has 0 radical (unpaired) electrons. The van der Waals surface area contributed by atoms with Gasteiger partial charge >= 0.3 is 30.3 Å². The quantitative estimate of drug-likeness (QED) is 0.0271. The molecule has 7 rings (SSSR count). The Bertz CT molecular complexity index is 2970. The third-order valence-corrected chi connectivity index (χ3v) is 19.2. The summed E-state index contributed by atoms with van der Waals surface area (Å²) in [5.74, 6) is -4.59. The van der Waals surface area contributed by atoms with Crippen LogP contribution in [0.25, 0.3) is 0 Å². The minimum Gasteiger partial charge on any atom is -0.497 e. The van der Waals surface area contributed by atoms with Crippen LogP contribution >= 0.6 is 0 Å². The zero-order valence-electron chi connectivity index (χ0n) is 55.2. The first-order valence-corrected chi connectivity index (χ1v) is 32.3. The van der Waals surface area contributed by atoms with Gasteiger partial charge in [-0.3, -0.25) is 39.5 Å². The number of carbonyl (C=O) groups is 9. The second-order valence-corrected chi connectivity index (χ2v) is 25.9. The number of ketones is 1. The van der Waals surface area contributed by atoms with E-state index < -0.39 is 114 Å². The van der Waals surface area contributed by atoms with E-state index in [0.717, 1.165) is 73.3 Å². The maximum absolute atomic E-state index is 14.3. The Morgan fingerprint density at radius 3 is 2.27 bits per heavy atom. The van der Waals surface area contributed by atoms with Crippen molar-refractivity contribution in [3.05, 3.63) is 76.6 Å². The molecule has 7 amide bonds. The number of hydrogen-bond donors (Lipinski definition) is 5. The molecule has 508 valence electrons. The van der Waals surface area contributed by atoms with Crippen LogP contribution in [0.4, 0.5) is 24.9 Å². The second kappa shape index (κ2) is 32.5. The summed E-state index contributed by atoms with van der Waals surface area (Å²) in [5.41, 5.74) is -0.280. The molecular weight excluding hydrogens is 1190 g/mol. The van der Waals surface area contributed by atoms with Crippen molar-refractivity contribution < 1.29 is 91.3 Å². The van der Waals surface area contributed by atoms with Crippen molar-refractivity contribution in [2.45, 2.75) is 186 Å². The highest BCUT2D eigenvalue weighted by Crippen LogP contribution is 2.50. The molecule has 3 heterocycles. The number of epoxide rings is 1. The Morgan fingerprint density at radius 2 is 1.58 bits per heavy atom. The molecule has 0 spiro atoms. The van der Waals surface area contributed by atoms with Gasteiger partial charge in [0.2, 0.25) is 0 Å². The molecule has 3 fully saturated rings. The number of esters is 1. The van der Waals surface area contributed by atoms with Crippen LogP contribution in [-0.4, -0.2) is 188 Å². The van der Waals surface area contributed by atoms with Crippen molar-refractivity contribution in [1.29, 1.82) is 0 Å². The molecule has 1 aromatic carbocycles. The number of anilines is 1. The summed E-state index contributed by atoms with van der Waals surface area (Å²) in [4.78, 5) is 122. The average Bonchev–Trinajstić information content (AvgIpc) is 1.57. The Labute approximate surface area is 539 Å². The molecule has 3 aliphatic heterocycles. The summed E-state index contributed by atoms with van der Waals surface area (Å²) in [6.45, 7) is 12.1. The van der Waals surface area contributed by atoms with Gasteiger partial charge < -0.3 is 63.2 Å². The fraction of sp³-hybridized carbons (Fsp3) is 0.657. The van der Waals surface area contributed by atoms with Crippen molar-refractivity contribution in [2.75, 3.05) is 66.4 Å². The minimum absolute atomic E-state index is 0.000364. The van der Waals surface area contributed by atoms with Gasteiger partial charge in [0.15, 0.2) is 5.72 Å². The summed E-state index contributed by atoms with van der Waals surface area (Å²) < 4.78 is 46.9. The fourth-order valence-corrected chi connectivity index (χ4v) is 12.9. The summed E-state index contributed by atoms with van der Waals surface area (Å²) in [7, 11) is 6.04. The van der Waals surface area contributed by atoms with E-state index in [4.69, 9.17) is 37.9 Å². The smallest absolute Gasteiger partial charge is 0.412 e. The Hall–Kier alpha value is -7.35. The van der Waals surface area contributed by atoms with Crippen molar-refractivity contribution in [1.82, 2.24) is 25.3 Å². The van der Waals surface area contributed by atoms with Crippen LogP contribution in [0.15, 0.2) is 65.5 Å². The van der Waals surface area contributed by atoms with Crippen LogP contribution in [-0.2, 0) is 63.7 Å². The molecule has 8 unspecified atom stereocenters. The van der Waals surface area contributed by atoms with Crippen molar-refractivity contribution in [3.63, 3.8) is 0 Å². The average molecular weight is 1290 g/mol. The number of carbonyl (C=O) groups excluding carboxylic acids is 9. The predicted octanol–water partition coefficient (Wildman–Crippen LogP) is 8.02. The normalized spacial score (nSPS) is 29.5. The number of alkyl carbamates (subject to hydrolysis) is 1. The molecule has 6 aliphatic rings. The third-order valence-electron chi connectivity index (χ3n) is 19.2. The molecule has 2 saturated heterocycles. The number of allylic oxidation sites excluding steroid dienone is 4. The van der Waals surface area contributed by atoms with Gasteiger partial charge in [0.05, 0.1) is 36.5 Å². The van der Waals surface area contributed by atoms with Crippen molar-refractivity contribution >= 4 is 59.5 Å². The van der Waals surface area contributed by atoms with E-state index in [9.17, 15) is 53.4 Å². The lowest BCUT2D eigenvalue weighted by molar-refractivity contribution is -0.162. The number of likely N-dealkylation sites (N-methyl/N-ethyl adjacent to an activating group) is 2. The SMILES string of the molecule is COC1=C(C)C2CC(=C1)CC(C)CCCC(OC)C1(O)C[C@H](OC(=O)N1)[C@@H](C)[C@@H]1O[C@@]1(C)[C@@H](OC(=O)[C@H](C)C(C)C(=O)CCOC(=O)N(C)CCN(C)C(=O)OCc1ccc(NC(=O)OC3/C=C/CCCCC3)c(C(=O)NCCN3C(=O)C=CC3=O)c1)CC(O)C2C. The van der Waals surface area contributed by atoms with Gasteiger partial charge in [-0.1, -0.05) is 71.6 Å². The number of aliphatic hydroxyl groups excluding tert-OH is 1. The Balaban J connectivity index is 0.918. The highest BCUT2D eigenvalue weighted by molar-refractivity contribution is 6.13. The van der Waals surface area contributed by atoms with Crippen LogP contribution in [0.2, 0.25) is 0 Å². The number of aliphatic hydroxyl groups is 2. The summed E-state index contributed by atoms with van der Waals surface area (Å²) in [6.07, 6.45) is 8.02. The maximum Gasteiger partial charge on any atom is 0.412 e. The van der Waals surface area contributed by atoms with Gasteiger partial charge in [-0.2, -0.15) is 0 Å². The molecule has 1 aromatic rings. The lowest BCUT2D eigenvalue weighted by Gasteiger charge is -2.43. The zero-order valence-corrected chi connectivity index (χ0v) is 55.2. The number of nitrogens with zero attached hydrogens (tertiary/aromatic N) is 3. The zero-order chi connectivity index (χ0) is 67.2. The number of amides is 7. The molecule has 92 heavy (non-hydrogen) atoms. The number of fused-ring (bicyclic) bond motifs is 5. The third kappa shape index (κ3) is 18.7. The Kier molecular flexibility index (Phi) is 25.4. The molecule has 14 atom stereocenters. The molecule has 4 bridgehead atoms. The van der Waals surface area contributed by atoms with E-state index in [-0.39, 0.29) is 93.4 Å². The number of methoxy groups -OCH3 is 2. The largest absolute Gasteiger partial charge is 0.497 e. The fourth-order valence-electron chi connectivity index (χ4n) is 12.9. The molecule has 3 aliphatic carbocycles. The van der Waals surface area contributed by atoms with Gasteiger partial charge in [0.25, 0.3) is 17.7 Å². The highest BCUT2D eigenvalue weighted by Gasteiger charge is 2.64. The Morgan fingerprint density at radius 1 is 0.870 bits per heavy atom. The highest BCUT2D eigenvalue weighted by atomic mass is 16.7. The maximum atomic E-state index is 14.3. The first kappa shape index (κ1) is 72.1. The van der Waals surface area contributed by atoms with Crippen molar-refractivity contribution in [3.8, 4) is 0 Å². The number of rotatable bonds is 20. The predicted molar refractivity (Wildman–Crippen MR) is 335 cm³/mol. The van der Waals surface area contributed by atoms with Gasteiger partial charge in [-0.05, 0) is 112 Å². The number of imide groups is 1. The first-order valence-electron chi connectivity index (χ1n) is 32.3. The van der Waals surface area contributed by atoms with Gasteiger partial charge in [-0.25, -0.2) is 19.2 Å². The van der Waals surface area contributed by atoms with E-state index in [0.29, 0.717) is 24.8 Å². The summed E-state index contributed by atoms with van der Waals surface area (Å²) in [5, 5.41) is 32.1. The number of Topliss-reactive ketones (excluding diaryl/α,β-unsaturated/α-hetero) is 1. The molecule has 25 heteroatoms. The second-order valence-electron chi connectivity index (χ2n) is 25.9. The van der Waals surface area contributed by atoms with E-state index in [1.807, 2.05) is 32.9 Å². The van der Waals surface area contributed by atoms with Crippen LogP contribution in [0.1, 0.15) is 148 Å². The lowest BCUT2D eigenvalue weighted by atomic mass is 9.73. The number of benzene rings is 1. The van der Waals surface area contributed by atoms with Gasteiger partial charge in [0, 0.05) is 90.6 Å². The van der Waals surface area contributed by atoms with E-state index in [1.54, 1.807) is 33.9 Å². The molecule has 25 nitrogen and oxygen atoms in total. The lowest BCUT2D eigenvalue weighted by Crippen LogP contribution is -2.64. The van der Waals surface area contributed by atoms with Crippen LogP contribution < -0.4 is 16.0 Å². The number of nitrogens with one attached hydrogen (secondary N) is 3. The van der Waals surface area contributed by atoms with E-state index in [2.05, 4.69) is 29.0 Å². The van der Waals surface area contributed by atoms with Crippen LogP contribution in [0, 0.1) is 35.5 Å². The molecule has 0 aromatic heterocycles. The number of ether oxygens (including phenoxy) is 8. The van der Waals surface area contributed by atoms with Gasteiger partial charge in [0.1, 0.15) is 54.8 Å².